The van der Waals surface area contributed by atoms with Gasteiger partial charge in [0.05, 0.1) is 17.6 Å². The molecular weight excluding hydrogens is 212 g/mol. The van der Waals surface area contributed by atoms with Crippen molar-refractivity contribution in [3.05, 3.63) is 30.2 Å². The number of aromatic nitrogens is 2. The Morgan fingerprint density at radius 1 is 1.24 bits per heavy atom. The smallest absolute Gasteiger partial charge is 0.160 e. The second-order valence-electron chi connectivity index (χ2n) is 4.74. The molecule has 17 heavy (non-hydrogen) atoms. The van der Waals surface area contributed by atoms with Gasteiger partial charge in [0.15, 0.2) is 5.65 Å². The fourth-order valence-corrected chi connectivity index (χ4v) is 2.55. The number of hydrogen-bond acceptors (Lipinski definition) is 3. The normalized spacial score (nSPS) is 17.6. The van der Waals surface area contributed by atoms with Crippen LogP contribution in [0.15, 0.2) is 24.5 Å². The van der Waals surface area contributed by atoms with E-state index in [2.05, 4.69) is 14.3 Å². The van der Waals surface area contributed by atoms with Crippen LogP contribution in [0.4, 0.5) is 5.69 Å². The van der Waals surface area contributed by atoms with Gasteiger partial charge in [-0.1, -0.05) is 6.42 Å². The Balaban J connectivity index is 1.87. The van der Waals surface area contributed by atoms with E-state index in [1.54, 1.807) is 0 Å². The number of anilines is 1. The molecule has 3 rings (SSSR count). The number of nitrogens with two attached hydrogens (primary N) is 1. The van der Waals surface area contributed by atoms with Gasteiger partial charge in [-0.25, -0.2) is 4.98 Å². The van der Waals surface area contributed by atoms with Gasteiger partial charge >= 0.3 is 0 Å². The molecule has 90 valence electrons. The summed E-state index contributed by atoms with van der Waals surface area (Å²) >= 11 is 0. The van der Waals surface area contributed by atoms with Crippen LogP contribution < -0.4 is 5.73 Å². The molecule has 0 radical (unpaired) electrons. The average Bonchev–Trinajstić information content (AvgIpc) is 2.76. The van der Waals surface area contributed by atoms with Crippen LogP contribution in [0, 0.1) is 0 Å². The number of piperidine rings is 1. The molecule has 0 amide bonds. The fourth-order valence-electron chi connectivity index (χ4n) is 2.55. The van der Waals surface area contributed by atoms with Crippen molar-refractivity contribution in [2.75, 3.05) is 18.8 Å². The fraction of sp³-hybridized carbons (Fsp3) is 0.462. The highest BCUT2D eigenvalue weighted by Crippen LogP contribution is 2.17. The summed E-state index contributed by atoms with van der Waals surface area (Å²) in [5.41, 5.74) is 8.76. The standard InChI is InChI=1S/C13H18N4/c14-12-5-4-8-17-11(9-15-13(12)17)10-16-6-2-1-3-7-16/h4-5,8-9H,1-3,6-7,10,14H2. The lowest BCUT2D eigenvalue weighted by atomic mass is 10.1. The summed E-state index contributed by atoms with van der Waals surface area (Å²) in [6.07, 6.45) is 7.99. The lowest BCUT2D eigenvalue weighted by Gasteiger charge is -2.25. The molecule has 0 aromatic carbocycles. The average molecular weight is 230 g/mol. The van der Waals surface area contributed by atoms with Gasteiger partial charge < -0.3 is 10.1 Å². The summed E-state index contributed by atoms with van der Waals surface area (Å²) in [6, 6.07) is 3.87. The minimum Gasteiger partial charge on any atom is -0.396 e. The number of nitrogen functional groups attached to an aromatic ring is 1. The molecule has 3 heterocycles. The van der Waals surface area contributed by atoms with Gasteiger partial charge in [-0.05, 0) is 38.1 Å². The van der Waals surface area contributed by atoms with E-state index >= 15 is 0 Å². The number of nitrogens with zero attached hydrogens (tertiary/aromatic N) is 3. The van der Waals surface area contributed by atoms with Crippen LogP contribution in [-0.2, 0) is 6.54 Å². The van der Waals surface area contributed by atoms with Crippen molar-refractivity contribution in [3.63, 3.8) is 0 Å². The molecule has 0 aliphatic carbocycles. The molecule has 0 atom stereocenters. The minimum absolute atomic E-state index is 0.748. The van der Waals surface area contributed by atoms with Crippen molar-refractivity contribution < 1.29 is 0 Å². The summed E-state index contributed by atoms with van der Waals surface area (Å²) in [5, 5.41) is 0. The Bertz CT molecular complexity index is 511. The van der Waals surface area contributed by atoms with Crippen molar-refractivity contribution in [2.45, 2.75) is 25.8 Å². The molecule has 0 bridgehead atoms. The first kappa shape index (κ1) is 10.6. The largest absolute Gasteiger partial charge is 0.396 e. The zero-order valence-corrected chi connectivity index (χ0v) is 9.97. The first-order valence-corrected chi connectivity index (χ1v) is 6.27. The van der Waals surface area contributed by atoms with Crippen molar-refractivity contribution in [1.29, 1.82) is 0 Å². The van der Waals surface area contributed by atoms with E-state index in [4.69, 9.17) is 5.73 Å². The third-order valence-electron chi connectivity index (χ3n) is 3.48. The van der Waals surface area contributed by atoms with E-state index in [1.807, 2.05) is 24.5 Å². The molecule has 4 nitrogen and oxygen atoms in total. The predicted molar refractivity (Wildman–Crippen MR) is 68.7 cm³/mol. The molecular formula is C13H18N4. The number of rotatable bonds is 2. The van der Waals surface area contributed by atoms with Gasteiger partial charge in [-0.3, -0.25) is 4.90 Å². The SMILES string of the molecule is Nc1cccn2c(CN3CCCCC3)cnc12. The van der Waals surface area contributed by atoms with Crippen LogP contribution in [0.3, 0.4) is 0 Å². The number of hydrogen-bond donors (Lipinski definition) is 1. The molecule has 0 unspecified atom stereocenters. The monoisotopic (exact) mass is 230 g/mol. The highest BCUT2D eigenvalue weighted by atomic mass is 15.2. The van der Waals surface area contributed by atoms with Crippen LogP contribution >= 0.6 is 0 Å². The van der Waals surface area contributed by atoms with Gasteiger partial charge in [0.2, 0.25) is 0 Å². The highest BCUT2D eigenvalue weighted by molar-refractivity contribution is 5.64. The van der Waals surface area contributed by atoms with Crippen LogP contribution in [0.2, 0.25) is 0 Å². The number of imidazole rings is 1. The van der Waals surface area contributed by atoms with E-state index in [0.717, 1.165) is 17.9 Å². The predicted octanol–water partition coefficient (Wildman–Crippen LogP) is 1.90. The summed E-state index contributed by atoms with van der Waals surface area (Å²) < 4.78 is 2.10. The Hall–Kier alpha value is -1.55. The summed E-state index contributed by atoms with van der Waals surface area (Å²) in [5.74, 6) is 0. The second kappa shape index (κ2) is 4.37. The van der Waals surface area contributed by atoms with Crippen LogP contribution in [0.5, 0.6) is 0 Å². The molecule has 1 aliphatic rings. The van der Waals surface area contributed by atoms with Crippen LogP contribution in [-0.4, -0.2) is 27.4 Å². The zero-order chi connectivity index (χ0) is 11.7. The molecule has 1 saturated heterocycles. The number of likely N-dealkylation sites (tertiary alicyclic amines) is 1. The summed E-state index contributed by atoms with van der Waals surface area (Å²) in [6.45, 7) is 3.38. The maximum atomic E-state index is 5.91. The van der Waals surface area contributed by atoms with E-state index in [1.165, 1.54) is 38.0 Å². The van der Waals surface area contributed by atoms with Crippen LogP contribution in [0.25, 0.3) is 5.65 Å². The van der Waals surface area contributed by atoms with Crippen molar-refractivity contribution >= 4 is 11.3 Å². The molecule has 2 N–H and O–H groups in total. The van der Waals surface area contributed by atoms with E-state index in [9.17, 15) is 0 Å². The molecule has 1 fully saturated rings. The third-order valence-corrected chi connectivity index (χ3v) is 3.48. The first-order chi connectivity index (χ1) is 8.34. The quantitative estimate of drug-likeness (QED) is 0.857. The molecule has 2 aromatic heterocycles. The first-order valence-electron chi connectivity index (χ1n) is 6.27. The maximum absolute atomic E-state index is 5.91. The van der Waals surface area contributed by atoms with E-state index in [0.29, 0.717) is 0 Å². The third kappa shape index (κ3) is 2.00. The Labute approximate surface area is 101 Å². The van der Waals surface area contributed by atoms with Crippen molar-refractivity contribution in [2.24, 2.45) is 0 Å². The molecule has 2 aromatic rings. The van der Waals surface area contributed by atoms with Gasteiger partial charge in [0.25, 0.3) is 0 Å². The topological polar surface area (TPSA) is 46.6 Å². The molecule has 1 aliphatic heterocycles. The molecule has 4 heteroatoms. The van der Waals surface area contributed by atoms with Crippen LogP contribution in [0.1, 0.15) is 25.0 Å². The number of pyridine rings is 1. The second-order valence-corrected chi connectivity index (χ2v) is 4.74. The lowest BCUT2D eigenvalue weighted by molar-refractivity contribution is 0.218. The minimum atomic E-state index is 0.748. The maximum Gasteiger partial charge on any atom is 0.160 e. The van der Waals surface area contributed by atoms with Crippen molar-refractivity contribution in [1.82, 2.24) is 14.3 Å². The number of fused-ring (bicyclic) bond motifs is 1. The van der Waals surface area contributed by atoms with E-state index in [-0.39, 0.29) is 0 Å². The summed E-state index contributed by atoms with van der Waals surface area (Å²) in [4.78, 5) is 6.89. The Morgan fingerprint density at radius 2 is 2.06 bits per heavy atom. The van der Waals surface area contributed by atoms with Gasteiger partial charge in [0.1, 0.15) is 0 Å². The molecule has 0 saturated carbocycles. The van der Waals surface area contributed by atoms with E-state index < -0.39 is 0 Å². The zero-order valence-electron chi connectivity index (χ0n) is 9.97. The molecule has 0 spiro atoms. The van der Waals surface area contributed by atoms with Gasteiger partial charge in [-0.15, -0.1) is 0 Å². The Kier molecular flexibility index (Phi) is 2.73. The van der Waals surface area contributed by atoms with Crippen molar-refractivity contribution in [3.8, 4) is 0 Å². The van der Waals surface area contributed by atoms with Gasteiger partial charge in [-0.2, -0.15) is 0 Å². The highest BCUT2D eigenvalue weighted by Gasteiger charge is 2.13. The summed E-state index contributed by atoms with van der Waals surface area (Å²) in [7, 11) is 0. The lowest BCUT2D eigenvalue weighted by Crippen LogP contribution is -2.29. The van der Waals surface area contributed by atoms with Gasteiger partial charge in [0, 0.05) is 12.7 Å². The Morgan fingerprint density at radius 3 is 2.88 bits per heavy atom.